The Bertz CT molecular complexity index is 1470. The van der Waals surface area contributed by atoms with Crippen LogP contribution in [0.5, 0.6) is 5.75 Å². The Balaban J connectivity index is 0.000000271. The van der Waals surface area contributed by atoms with Crippen molar-refractivity contribution in [1.29, 1.82) is 0 Å². The summed E-state index contributed by atoms with van der Waals surface area (Å²) in [6.45, 7) is 5.96. The van der Waals surface area contributed by atoms with E-state index in [1.54, 1.807) is 0 Å². The predicted octanol–water partition coefficient (Wildman–Crippen LogP) is 8.91. The van der Waals surface area contributed by atoms with Crippen LogP contribution in [0.3, 0.4) is 0 Å². The summed E-state index contributed by atoms with van der Waals surface area (Å²) in [5.74, 6) is 2.59. The summed E-state index contributed by atoms with van der Waals surface area (Å²) >= 11 is 0. The van der Waals surface area contributed by atoms with Gasteiger partial charge in [-0.25, -0.2) is 52.7 Å². The molecule has 0 unspecified atom stereocenters. The Morgan fingerprint density at radius 1 is 0.727 bits per heavy atom. The van der Waals surface area contributed by atoms with Crippen molar-refractivity contribution < 1.29 is 66.4 Å². The first-order valence-electron chi connectivity index (χ1n) is 12.7. The van der Waals surface area contributed by atoms with Crippen molar-refractivity contribution in [2.45, 2.75) is 44.7 Å². The Kier molecular flexibility index (Phi) is 9.80. The van der Waals surface area contributed by atoms with Gasteiger partial charge in [-0.1, -0.05) is 42.5 Å². The average Bonchev–Trinajstić information content (AvgIpc) is 3.42. The number of para-hydroxylation sites is 4. The molecule has 17 heteroatoms. The van der Waals surface area contributed by atoms with E-state index in [9.17, 15) is 52.7 Å². The summed E-state index contributed by atoms with van der Waals surface area (Å²) in [5, 5.41) is 0. The molecule has 1 aromatic heterocycles. The van der Waals surface area contributed by atoms with E-state index in [1.807, 2.05) is 66.8 Å². The SMILES string of the molecule is CCN1C(=CC=CC=Cc2oc3ccccc3[n+]2CC)Oc2ccccc21.FC(F)(F)[B-](C(F)(F)F)(C(F)(F)F)C(F)(F)F. The molecule has 0 saturated heterocycles. The van der Waals surface area contributed by atoms with Crippen LogP contribution in [0.15, 0.2) is 83.1 Å². The van der Waals surface area contributed by atoms with Crippen molar-refractivity contribution in [3.05, 3.63) is 84.6 Å². The van der Waals surface area contributed by atoms with Crippen molar-refractivity contribution >= 4 is 29.0 Å². The largest absolute Gasteiger partial charge is 0.452 e. The summed E-state index contributed by atoms with van der Waals surface area (Å²) in [5.41, 5.74) is 3.13. The maximum absolute atomic E-state index is 11.7. The zero-order valence-electron chi connectivity index (χ0n) is 22.7. The molecule has 0 atom stereocenters. The highest BCUT2D eigenvalue weighted by Gasteiger charge is 2.90. The zero-order valence-corrected chi connectivity index (χ0v) is 22.7. The van der Waals surface area contributed by atoms with Crippen LogP contribution in [-0.2, 0) is 6.54 Å². The maximum Gasteiger partial charge on any atom is 0.452 e. The summed E-state index contributed by atoms with van der Waals surface area (Å²) in [6.07, 6.45) is -28.8. The first kappa shape index (κ1) is 34.4. The zero-order chi connectivity index (χ0) is 33.1. The van der Waals surface area contributed by atoms with Gasteiger partial charge in [0.1, 0.15) is 6.54 Å². The normalized spacial score (nSPS) is 15.7. The number of halogens is 12. The van der Waals surface area contributed by atoms with Gasteiger partial charge in [0.15, 0.2) is 5.75 Å². The molecule has 4 nitrogen and oxygen atoms in total. The minimum Gasteiger partial charge on any atom is -0.439 e. The summed E-state index contributed by atoms with van der Waals surface area (Å²) in [6, 6.07) is 16.2. The fraction of sp³-hybridized carbons (Fsp3) is 0.296. The number of hydrogen-bond acceptors (Lipinski definition) is 3. The molecule has 44 heavy (non-hydrogen) atoms. The Morgan fingerprint density at radius 3 is 1.80 bits per heavy atom. The number of rotatable bonds is 5. The van der Waals surface area contributed by atoms with E-state index in [1.165, 1.54) is 0 Å². The van der Waals surface area contributed by atoms with Crippen molar-refractivity contribution in [3.8, 4) is 5.75 Å². The van der Waals surface area contributed by atoms with Crippen LogP contribution in [0.2, 0.25) is 0 Å². The molecular formula is C27H23BF12N2O2. The van der Waals surface area contributed by atoms with E-state index in [-0.39, 0.29) is 0 Å². The number of fused-ring (bicyclic) bond motifs is 2. The van der Waals surface area contributed by atoms with Gasteiger partial charge in [0.25, 0.3) is 29.8 Å². The van der Waals surface area contributed by atoms with Crippen LogP contribution in [0, 0.1) is 0 Å². The van der Waals surface area contributed by atoms with E-state index >= 15 is 0 Å². The van der Waals surface area contributed by atoms with Crippen LogP contribution in [0.1, 0.15) is 19.7 Å². The number of ether oxygens (including phenoxy) is 1. The first-order valence-corrected chi connectivity index (χ1v) is 12.7. The Labute approximate surface area is 242 Å². The Morgan fingerprint density at radius 2 is 1.27 bits per heavy atom. The average molecular weight is 646 g/mol. The quantitative estimate of drug-likeness (QED) is 0.120. The topological polar surface area (TPSA) is 29.5 Å². The molecule has 0 aliphatic carbocycles. The number of anilines is 1. The molecule has 0 amide bonds. The van der Waals surface area contributed by atoms with Crippen molar-refractivity contribution in [2.24, 2.45) is 0 Å². The van der Waals surface area contributed by atoms with Crippen LogP contribution in [0.25, 0.3) is 17.2 Å². The number of aromatic nitrogens is 1. The van der Waals surface area contributed by atoms with E-state index in [4.69, 9.17) is 9.15 Å². The molecule has 2 heterocycles. The lowest BCUT2D eigenvalue weighted by atomic mass is 9.21. The van der Waals surface area contributed by atoms with Gasteiger partial charge in [-0.15, -0.1) is 0 Å². The Hall–Kier alpha value is -4.05. The number of aryl methyl sites for hydroxylation is 1. The van der Waals surface area contributed by atoms with Gasteiger partial charge in [0, 0.05) is 12.6 Å². The summed E-state index contributed by atoms with van der Waals surface area (Å²) < 4.78 is 155. The second-order valence-corrected chi connectivity index (χ2v) is 9.25. The highest BCUT2D eigenvalue weighted by Crippen LogP contribution is 2.57. The monoisotopic (exact) mass is 646 g/mol. The number of allylic oxidation sites excluding steroid dienone is 4. The number of benzene rings is 2. The molecule has 0 saturated carbocycles. The van der Waals surface area contributed by atoms with Crippen molar-refractivity contribution in [2.75, 3.05) is 11.4 Å². The van der Waals surface area contributed by atoms with Gasteiger partial charge in [-0.2, -0.15) is 4.57 Å². The second kappa shape index (κ2) is 12.5. The van der Waals surface area contributed by atoms with E-state index < -0.39 is 30.4 Å². The lowest BCUT2D eigenvalue weighted by molar-refractivity contribution is -0.674. The molecular weight excluding hydrogens is 623 g/mol. The molecule has 240 valence electrons. The third kappa shape index (κ3) is 6.41. The van der Waals surface area contributed by atoms with Gasteiger partial charge < -0.3 is 14.1 Å². The van der Waals surface area contributed by atoms with Crippen LogP contribution in [-0.4, -0.2) is 37.0 Å². The molecule has 0 fully saturated rings. The van der Waals surface area contributed by atoms with E-state index in [0.29, 0.717) is 0 Å². The molecule has 0 spiro atoms. The molecule has 1 aliphatic heterocycles. The molecule has 0 bridgehead atoms. The van der Waals surface area contributed by atoms with Gasteiger partial charge in [-0.05, 0) is 38.1 Å². The fourth-order valence-corrected chi connectivity index (χ4v) is 4.46. The minimum absolute atomic E-state index is 0.843. The van der Waals surface area contributed by atoms with Crippen molar-refractivity contribution in [3.63, 3.8) is 0 Å². The lowest BCUT2D eigenvalue weighted by Gasteiger charge is -2.44. The predicted molar refractivity (Wildman–Crippen MR) is 138 cm³/mol. The second-order valence-electron chi connectivity index (χ2n) is 9.25. The number of alkyl halides is 12. The van der Waals surface area contributed by atoms with Crippen LogP contribution < -0.4 is 14.2 Å². The van der Waals surface area contributed by atoms with Crippen molar-refractivity contribution in [1.82, 2.24) is 0 Å². The number of oxazole rings is 1. The van der Waals surface area contributed by atoms with Crippen LogP contribution >= 0.6 is 0 Å². The number of hydrogen-bond donors (Lipinski definition) is 0. The molecule has 3 aromatic rings. The highest BCUT2D eigenvalue weighted by atomic mass is 19.4. The van der Waals surface area contributed by atoms with Gasteiger partial charge in [-0.3, -0.25) is 0 Å². The van der Waals surface area contributed by atoms with E-state index in [0.717, 1.165) is 47.4 Å². The standard InChI is InChI=1S/C23H23N2O2.C4BF12/c1-3-24-18-12-8-10-14-20(18)26-22(24)16-6-5-7-17-23-25(4-2)19-13-9-11-15-21(19)27-23;6-1(7,8)5(2(9,10)11,3(12,13)14)4(15,16)17/h5-17H,3-4H2,1-2H3;/q+1;-1. The third-order valence-electron chi connectivity index (χ3n) is 6.57. The number of nitrogens with zero attached hydrogens (tertiary/aromatic N) is 2. The lowest BCUT2D eigenvalue weighted by Crippen LogP contribution is -2.79. The minimum atomic E-state index is -8.58. The van der Waals surface area contributed by atoms with E-state index in [2.05, 4.69) is 35.4 Å². The third-order valence-corrected chi connectivity index (χ3v) is 6.57. The van der Waals surface area contributed by atoms with Gasteiger partial charge in [0.05, 0.1) is 11.8 Å². The molecule has 4 rings (SSSR count). The van der Waals surface area contributed by atoms with Gasteiger partial charge >= 0.3 is 12.0 Å². The smallest absolute Gasteiger partial charge is 0.439 e. The molecule has 0 radical (unpaired) electrons. The highest BCUT2D eigenvalue weighted by molar-refractivity contribution is 6.86. The summed E-state index contributed by atoms with van der Waals surface area (Å²) in [4.78, 5) is 2.16. The summed E-state index contributed by atoms with van der Waals surface area (Å²) in [7, 11) is 0. The fourth-order valence-electron chi connectivity index (χ4n) is 4.46. The molecule has 1 aliphatic rings. The first-order chi connectivity index (χ1) is 20.3. The van der Waals surface area contributed by atoms with Crippen LogP contribution in [0.4, 0.5) is 58.4 Å². The molecule has 2 aromatic carbocycles. The van der Waals surface area contributed by atoms with Gasteiger partial charge in [0.2, 0.25) is 11.5 Å². The maximum atomic E-state index is 11.7. The molecule has 0 N–H and O–H groups in total.